The quantitative estimate of drug-likeness (QED) is 0.620. The molecule has 0 aliphatic heterocycles. The fourth-order valence-electron chi connectivity index (χ4n) is 1.88. The van der Waals surface area contributed by atoms with Crippen molar-refractivity contribution in [2.45, 2.75) is 38.3 Å². The molecule has 4 N–H and O–H groups in total. The fourth-order valence-corrected chi connectivity index (χ4v) is 1.88. The normalized spacial score (nSPS) is 12.5. The van der Waals surface area contributed by atoms with Crippen molar-refractivity contribution in [1.29, 1.82) is 0 Å². The third kappa shape index (κ3) is 4.18. The number of primary amides is 1. The second-order valence-electron chi connectivity index (χ2n) is 5.34. The number of pyridine rings is 1. The Hall–Kier alpha value is -2.64. The number of aliphatic carboxylic acids is 1. The van der Waals surface area contributed by atoms with Gasteiger partial charge in [0.1, 0.15) is 11.6 Å². The Morgan fingerprint density at radius 2 is 2.00 bits per heavy atom. The number of carbonyl (C=O) groups excluding carboxylic acids is 2. The van der Waals surface area contributed by atoms with Crippen molar-refractivity contribution in [2.75, 3.05) is 0 Å². The van der Waals surface area contributed by atoms with Gasteiger partial charge in [-0.3, -0.25) is 14.4 Å². The highest BCUT2D eigenvalue weighted by molar-refractivity contribution is 5.88. The van der Waals surface area contributed by atoms with E-state index < -0.39 is 29.4 Å². The molecule has 1 atom stereocenters. The van der Waals surface area contributed by atoms with Crippen molar-refractivity contribution < 1.29 is 19.5 Å². The lowest BCUT2D eigenvalue weighted by atomic mass is 10.0. The summed E-state index contributed by atoms with van der Waals surface area (Å²) in [5, 5.41) is 11.4. The van der Waals surface area contributed by atoms with Gasteiger partial charge in [0, 0.05) is 18.7 Å². The summed E-state index contributed by atoms with van der Waals surface area (Å²) in [7, 11) is 0. The summed E-state index contributed by atoms with van der Waals surface area (Å²) < 4.78 is 1.20. The Labute approximate surface area is 126 Å². The molecule has 0 radical (unpaired) electrons. The van der Waals surface area contributed by atoms with Gasteiger partial charge in [-0.25, -0.2) is 4.79 Å². The van der Waals surface area contributed by atoms with Crippen LogP contribution in [0.25, 0.3) is 0 Å². The zero-order valence-corrected chi connectivity index (χ0v) is 12.4. The summed E-state index contributed by atoms with van der Waals surface area (Å²) in [6, 6.07) is 3.19. The molecule has 1 rings (SSSR count). The van der Waals surface area contributed by atoms with Crippen LogP contribution < -0.4 is 16.6 Å². The number of nitrogens with two attached hydrogens (primary N) is 1. The van der Waals surface area contributed by atoms with Crippen molar-refractivity contribution in [3.63, 3.8) is 0 Å². The summed E-state index contributed by atoms with van der Waals surface area (Å²) in [4.78, 5) is 46.0. The van der Waals surface area contributed by atoms with Crippen LogP contribution in [0.15, 0.2) is 29.2 Å². The first-order chi connectivity index (χ1) is 10.2. The van der Waals surface area contributed by atoms with Crippen LogP contribution in [-0.2, 0) is 19.9 Å². The fraction of sp³-hybridized carbons (Fsp3) is 0.429. The number of hydrogen-bond donors (Lipinski definition) is 3. The maximum Gasteiger partial charge on any atom is 0.326 e. The van der Waals surface area contributed by atoms with Crippen LogP contribution >= 0.6 is 0 Å². The number of aromatic nitrogens is 1. The average molecular weight is 309 g/mol. The minimum atomic E-state index is -1.28. The number of rotatable bonds is 7. The van der Waals surface area contributed by atoms with Gasteiger partial charge in [-0.1, -0.05) is 6.07 Å². The van der Waals surface area contributed by atoms with Crippen LogP contribution in [0.5, 0.6) is 0 Å². The predicted molar refractivity (Wildman–Crippen MR) is 78.0 cm³/mol. The molecule has 0 aromatic carbocycles. The number of carbonyl (C=O) groups is 3. The number of nitrogens with zero attached hydrogens (tertiary/aromatic N) is 1. The van der Waals surface area contributed by atoms with Gasteiger partial charge in [0.15, 0.2) is 0 Å². The number of nitrogens with one attached hydrogen (secondary N) is 1. The molecule has 1 aromatic heterocycles. The van der Waals surface area contributed by atoms with Crippen molar-refractivity contribution >= 4 is 17.8 Å². The molecule has 0 fully saturated rings. The minimum Gasteiger partial charge on any atom is -0.480 e. The smallest absolute Gasteiger partial charge is 0.326 e. The topological polar surface area (TPSA) is 131 Å². The Balaban J connectivity index is 2.93. The lowest BCUT2D eigenvalue weighted by Crippen LogP contribution is -2.53. The van der Waals surface area contributed by atoms with Gasteiger partial charge in [0.05, 0.1) is 0 Å². The third-order valence-electron chi connectivity index (χ3n) is 3.26. The molecular formula is C14H19N3O5. The second-order valence-corrected chi connectivity index (χ2v) is 5.34. The monoisotopic (exact) mass is 309 g/mol. The second kappa shape index (κ2) is 6.88. The highest BCUT2D eigenvalue weighted by atomic mass is 16.4. The molecule has 22 heavy (non-hydrogen) atoms. The van der Waals surface area contributed by atoms with E-state index in [9.17, 15) is 19.2 Å². The standard InChI is InChI=1S/C14H19N3O5/c1-14(2,17-8-4-3-5-11(17)19)13(22)16-9(12(20)21)6-7-10(15)18/h3-5,8-9H,6-7H2,1-2H3,(H2,15,18)(H,16,22)(H,20,21). The van der Waals surface area contributed by atoms with Crippen LogP contribution in [0.2, 0.25) is 0 Å². The van der Waals surface area contributed by atoms with Gasteiger partial charge in [-0.05, 0) is 26.3 Å². The first-order valence-corrected chi connectivity index (χ1v) is 6.66. The Morgan fingerprint density at radius 3 is 2.50 bits per heavy atom. The number of carboxylic acids is 1. The molecule has 0 saturated carbocycles. The lowest BCUT2D eigenvalue weighted by Gasteiger charge is -2.28. The van der Waals surface area contributed by atoms with Crippen molar-refractivity contribution in [3.05, 3.63) is 34.7 Å². The van der Waals surface area contributed by atoms with Gasteiger partial charge >= 0.3 is 5.97 Å². The minimum absolute atomic E-state index is 0.115. The van der Waals surface area contributed by atoms with Gasteiger partial charge in [-0.15, -0.1) is 0 Å². The molecule has 0 bridgehead atoms. The average Bonchev–Trinajstić information content (AvgIpc) is 2.42. The third-order valence-corrected chi connectivity index (χ3v) is 3.26. The van der Waals surface area contributed by atoms with E-state index in [1.54, 1.807) is 12.1 Å². The molecule has 1 unspecified atom stereocenters. The zero-order chi connectivity index (χ0) is 16.9. The SMILES string of the molecule is CC(C)(C(=O)NC(CCC(N)=O)C(=O)O)n1ccccc1=O. The summed E-state index contributed by atoms with van der Waals surface area (Å²) in [6.07, 6.45) is 1.17. The van der Waals surface area contributed by atoms with Crippen molar-refractivity contribution in [1.82, 2.24) is 9.88 Å². The van der Waals surface area contributed by atoms with E-state index in [2.05, 4.69) is 5.32 Å². The summed E-state index contributed by atoms with van der Waals surface area (Å²) in [6.45, 7) is 2.99. The molecule has 120 valence electrons. The molecule has 1 aromatic rings. The first kappa shape index (κ1) is 17.4. The van der Waals surface area contributed by atoms with Crippen LogP contribution in [0, 0.1) is 0 Å². The number of amides is 2. The zero-order valence-electron chi connectivity index (χ0n) is 12.4. The first-order valence-electron chi connectivity index (χ1n) is 6.66. The van der Waals surface area contributed by atoms with Crippen LogP contribution in [0.4, 0.5) is 0 Å². The molecule has 0 aliphatic rings. The van der Waals surface area contributed by atoms with E-state index in [1.165, 1.54) is 30.7 Å². The highest BCUT2D eigenvalue weighted by Crippen LogP contribution is 2.13. The summed E-state index contributed by atoms with van der Waals surface area (Å²) in [5.41, 5.74) is 3.32. The van der Waals surface area contributed by atoms with E-state index >= 15 is 0 Å². The van der Waals surface area contributed by atoms with Crippen molar-refractivity contribution in [3.8, 4) is 0 Å². The molecule has 8 nitrogen and oxygen atoms in total. The van der Waals surface area contributed by atoms with Gasteiger partial charge in [-0.2, -0.15) is 0 Å². The summed E-state index contributed by atoms with van der Waals surface area (Å²) >= 11 is 0. The molecule has 2 amide bonds. The summed E-state index contributed by atoms with van der Waals surface area (Å²) in [5.74, 6) is -2.57. The van der Waals surface area contributed by atoms with E-state index in [1.807, 2.05) is 0 Å². The molecular weight excluding hydrogens is 290 g/mol. The van der Waals surface area contributed by atoms with Crippen LogP contribution in [0.1, 0.15) is 26.7 Å². The van der Waals surface area contributed by atoms with Gasteiger partial charge < -0.3 is 20.7 Å². The van der Waals surface area contributed by atoms with Gasteiger partial charge in [0.2, 0.25) is 11.8 Å². The number of hydrogen-bond acceptors (Lipinski definition) is 4. The Morgan fingerprint density at radius 1 is 1.36 bits per heavy atom. The predicted octanol–water partition coefficient (Wildman–Crippen LogP) is -0.582. The maximum absolute atomic E-state index is 12.3. The highest BCUT2D eigenvalue weighted by Gasteiger charge is 2.33. The Bertz CT molecular complexity index is 635. The Kier molecular flexibility index (Phi) is 5.44. The molecule has 0 aliphatic carbocycles. The van der Waals surface area contributed by atoms with Crippen LogP contribution in [-0.4, -0.2) is 33.5 Å². The largest absolute Gasteiger partial charge is 0.480 e. The molecule has 8 heteroatoms. The van der Waals surface area contributed by atoms with Crippen molar-refractivity contribution in [2.24, 2.45) is 5.73 Å². The number of carboxylic acid groups (broad SMARTS) is 1. The van der Waals surface area contributed by atoms with E-state index in [0.29, 0.717) is 0 Å². The molecule has 1 heterocycles. The van der Waals surface area contributed by atoms with Gasteiger partial charge in [0.25, 0.3) is 5.56 Å². The van der Waals surface area contributed by atoms with E-state index in [0.717, 1.165) is 0 Å². The maximum atomic E-state index is 12.3. The van der Waals surface area contributed by atoms with E-state index in [4.69, 9.17) is 10.8 Å². The lowest BCUT2D eigenvalue weighted by molar-refractivity contribution is -0.143. The van der Waals surface area contributed by atoms with E-state index in [-0.39, 0.29) is 18.4 Å². The molecule has 0 spiro atoms. The molecule has 0 saturated heterocycles. The van der Waals surface area contributed by atoms with Crippen LogP contribution in [0.3, 0.4) is 0 Å².